The summed E-state index contributed by atoms with van der Waals surface area (Å²) in [5, 5.41) is 0. The molecule has 0 amide bonds. The molecule has 0 aromatic heterocycles. The molecule has 32 heavy (non-hydrogen) atoms. The summed E-state index contributed by atoms with van der Waals surface area (Å²) in [6, 6.07) is 9.24. The van der Waals surface area contributed by atoms with Gasteiger partial charge in [0.25, 0.3) is 0 Å². The van der Waals surface area contributed by atoms with Gasteiger partial charge in [-0.15, -0.1) is 0 Å². The Morgan fingerprint density at radius 1 is 0.531 bits per heavy atom. The van der Waals surface area contributed by atoms with E-state index in [-0.39, 0.29) is 5.78 Å². The first-order chi connectivity index (χ1) is 15.7. The predicted molar refractivity (Wildman–Crippen MR) is 128 cm³/mol. The van der Waals surface area contributed by atoms with Crippen LogP contribution in [0, 0.1) is 0 Å². The minimum Gasteiger partial charge on any atom is -0.289 e. The van der Waals surface area contributed by atoms with Gasteiger partial charge in [-0.1, -0.05) is 30.3 Å². The molecule has 150 valence electrons. The van der Waals surface area contributed by atoms with Crippen molar-refractivity contribution < 1.29 is 4.79 Å². The lowest BCUT2D eigenvalue weighted by atomic mass is 10.0. The summed E-state index contributed by atoms with van der Waals surface area (Å²) in [4.78, 5) is 31.9. The number of aliphatic imine (C=N–C) groups is 4. The maximum atomic E-state index is 13.2. The highest BCUT2D eigenvalue weighted by Crippen LogP contribution is 2.26. The molecule has 1 aromatic carbocycles. The minimum absolute atomic E-state index is 0.0713. The van der Waals surface area contributed by atoms with E-state index >= 15 is 0 Å². The van der Waals surface area contributed by atoms with Crippen molar-refractivity contribution in [2.75, 3.05) is 0 Å². The van der Waals surface area contributed by atoms with Crippen LogP contribution in [0.15, 0.2) is 145 Å². The Bertz CT molecular complexity index is 1450. The Morgan fingerprint density at radius 3 is 1.66 bits per heavy atom. The van der Waals surface area contributed by atoms with E-state index in [1.54, 1.807) is 0 Å². The summed E-state index contributed by atoms with van der Waals surface area (Å²) < 4.78 is 0. The van der Waals surface area contributed by atoms with E-state index in [0.29, 0.717) is 22.5 Å². The van der Waals surface area contributed by atoms with E-state index in [2.05, 4.69) is 15.0 Å². The van der Waals surface area contributed by atoms with Gasteiger partial charge in [-0.25, -0.2) is 20.0 Å². The van der Waals surface area contributed by atoms with Crippen LogP contribution in [0.5, 0.6) is 0 Å². The third kappa shape index (κ3) is 3.46. The summed E-state index contributed by atoms with van der Waals surface area (Å²) in [6.45, 7) is 0. The van der Waals surface area contributed by atoms with Crippen LogP contribution in [-0.4, -0.2) is 28.6 Å². The summed E-state index contributed by atoms with van der Waals surface area (Å²) in [5.41, 5.74) is 7.25. The second-order valence-electron chi connectivity index (χ2n) is 7.64. The van der Waals surface area contributed by atoms with Crippen LogP contribution in [0.4, 0.5) is 0 Å². The highest BCUT2D eigenvalue weighted by Gasteiger charge is 2.23. The monoisotopic (exact) mass is 412 g/mol. The SMILES string of the molecule is O=C(C1=CC2=NC1=CC1=NC(=CC3=NC(=CC4=NC(=C2)C=C4)C=C3)C=C1)c1ccccc1. The lowest BCUT2D eigenvalue weighted by Crippen LogP contribution is -2.04. The number of carbonyl (C=O) groups is 1. The van der Waals surface area contributed by atoms with Gasteiger partial charge in [0.05, 0.1) is 51.2 Å². The van der Waals surface area contributed by atoms with Crippen LogP contribution in [0.3, 0.4) is 0 Å². The fraction of sp³-hybridized carbons (Fsp3) is 0. The highest BCUT2D eigenvalue weighted by molar-refractivity contribution is 6.22. The maximum Gasteiger partial charge on any atom is 0.195 e. The molecule has 0 aliphatic carbocycles. The zero-order valence-electron chi connectivity index (χ0n) is 16.9. The molecule has 5 nitrogen and oxygen atoms in total. The molecule has 0 unspecified atom stereocenters. The summed E-state index contributed by atoms with van der Waals surface area (Å²) in [6.07, 6.45) is 21.0. The van der Waals surface area contributed by atoms with E-state index in [0.717, 1.165) is 34.2 Å². The van der Waals surface area contributed by atoms with E-state index in [4.69, 9.17) is 4.99 Å². The average Bonchev–Trinajstić information content (AvgIpc) is 3.59. The van der Waals surface area contributed by atoms with Crippen molar-refractivity contribution >= 4 is 28.6 Å². The quantitative estimate of drug-likeness (QED) is 0.642. The van der Waals surface area contributed by atoms with Gasteiger partial charge in [-0.2, -0.15) is 0 Å². The number of ketones is 1. The van der Waals surface area contributed by atoms with Crippen LogP contribution in [0.25, 0.3) is 0 Å². The molecule has 0 atom stereocenters. The predicted octanol–water partition coefficient (Wildman–Crippen LogP) is 4.83. The number of nitrogens with zero attached hydrogens (tertiary/aromatic N) is 4. The molecule has 1 aromatic rings. The first kappa shape index (κ1) is 18.3. The van der Waals surface area contributed by atoms with Gasteiger partial charge in [0, 0.05) is 5.56 Å². The maximum absolute atomic E-state index is 13.2. The minimum atomic E-state index is -0.0713. The third-order valence-electron chi connectivity index (χ3n) is 5.32. The largest absolute Gasteiger partial charge is 0.289 e. The van der Waals surface area contributed by atoms with Gasteiger partial charge >= 0.3 is 0 Å². The third-order valence-corrected chi connectivity index (χ3v) is 5.32. The molecule has 0 saturated heterocycles. The average molecular weight is 412 g/mol. The van der Waals surface area contributed by atoms with Crippen molar-refractivity contribution in [3.63, 3.8) is 0 Å². The lowest BCUT2D eigenvalue weighted by molar-refractivity contribution is 0.103. The van der Waals surface area contributed by atoms with Gasteiger partial charge in [0.2, 0.25) is 0 Å². The highest BCUT2D eigenvalue weighted by atomic mass is 16.1. The van der Waals surface area contributed by atoms with Gasteiger partial charge in [0.1, 0.15) is 0 Å². The molecule has 5 aliphatic heterocycles. The molecule has 0 N–H and O–H groups in total. The molecular weight excluding hydrogens is 396 g/mol. The Labute approximate surface area is 184 Å². The standard InChI is InChI=1S/C27H16N4O/c32-27(17-4-2-1-3-5-17)25-15-24-14-22-9-8-20(29-22)12-18-6-7-19(28-18)13-21-10-11-23(30-21)16-26(25)31-24/h1-16H. The van der Waals surface area contributed by atoms with Gasteiger partial charge in [0.15, 0.2) is 5.78 Å². The number of Topliss-reactive ketones (excluding diaryl/α,β-unsaturated/α-hetero) is 1. The zero-order valence-corrected chi connectivity index (χ0v) is 16.9. The zero-order chi connectivity index (χ0) is 21.5. The van der Waals surface area contributed by atoms with Crippen LogP contribution in [-0.2, 0) is 0 Å². The molecule has 0 radical (unpaired) electrons. The van der Waals surface area contributed by atoms with Gasteiger partial charge in [-0.3, -0.25) is 4.79 Å². The van der Waals surface area contributed by atoms with E-state index in [1.165, 1.54) is 0 Å². The molecule has 6 rings (SSSR count). The number of benzene rings is 1. The molecule has 5 heterocycles. The van der Waals surface area contributed by atoms with Crippen molar-refractivity contribution in [2.24, 2.45) is 20.0 Å². The Balaban J connectivity index is 1.48. The molecule has 0 fully saturated rings. The number of rotatable bonds is 2. The van der Waals surface area contributed by atoms with E-state index in [1.807, 2.05) is 97.2 Å². The Morgan fingerprint density at radius 2 is 1.06 bits per heavy atom. The first-order valence-corrected chi connectivity index (χ1v) is 10.3. The second kappa shape index (κ2) is 7.32. The van der Waals surface area contributed by atoms with Gasteiger partial charge < -0.3 is 0 Å². The van der Waals surface area contributed by atoms with E-state index < -0.39 is 0 Å². The lowest BCUT2D eigenvalue weighted by Gasteiger charge is -2.03. The molecule has 5 heteroatoms. The fourth-order valence-electron chi connectivity index (χ4n) is 3.82. The number of hydrogen-bond acceptors (Lipinski definition) is 5. The topological polar surface area (TPSA) is 66.5 Å². The number of carbonyl (C=O) groups excluding carboxylic acids is 1. The number of fused-ring (bicyclic) bond motifs is 4. The van der Waals surface area contributed by atoms with Crippen LogP contribution >= 0.6 is 0 Å². The summed E-state index contributed by atoms with van der Waals surface area (Å²) in [7, 11) is 0. The molecule has 0 saturated carbocycles. The second-order valence-corrected chi connectivity index (χ2v) is 7.64. The number of allylic oxidation sites excluding steroid dienone is 12. The summed E-state index contributed by atoms with van der Waals surface area (Å²) in [5.74, 6) is -0.0713. The van der Waals surface area contributed by atoms with Crippen molar-refractivity contribution in [1.29, 1.82) is 0 Å². The first-order valence-electron chi connectivity index (χ1n) is 10.3. The number of hydrogen-bond donors (Lipinski definition) is 0. The Hall–Kier alpha value is -4.51. The van der Waals surface area contributed by atoms with Crippen molar-refractivity contribution in [3.8, 4) is 0 Å². The van der Waals surface area contributed by atoms with E-state index in [9.17, 15) is 4.79 Å². The Kier molecular flexibility index (Phi) is 4.18. The fourth-order valence-corrected chi connectivity index (χ4v) is 3.82. The van der Waals surface area contributed by atoms with Crippen LogP contribution < -0.4 is 0 Å². The molecular formula is C27H16N4O. The molecule has 0 spiro atoms. The smallest absolute Gasteiger partial charge is 0.195 e. The molecule has 8 bridgehead atoms. The van der Waals surface area contributed by atoms with Crippen molar-refractivity contribution in [3.05, 3.63) is 131 Å². The molecule has 5 aliphatic rings. The van der Waals surface area contributed by atoms with Crippen LogP contribution in [0.2, 0.25) is 0 Å². The normalized spacial score (nSPS) is 20.1. The van der Waals surface area contributed by atoms with Gasteiger partial charge in [-0.05, 0) is 66.8 Å². The summed E-state index contributed by atoms with van der Waals surface area (Å²) >= 11 is 0. The van der Waals surface area contributed by atoms with Crippen LogP contribution in [0.1, 0.15) is 10.4 Å². The van der Waals surface area contributed by atoms with Crippen molar-refractivity contribution in [2.45, 2.75) is 0 Å². The van der Waals surface area contributed by atoms with Crippen molar-refractivity contribution in [1.82, 2.24) is 0 Å².